The lowest BCUT2D eigenvalue weighted by Crippen LogP contribution is -2.40. The van der Waals surface area contributed by atoms with Gasteiger partial charge >= 0.3 is 0 Å². The molecule has 1 aromatic carbocycles. The van der Waals surface area contributed by atoms with E-state index in [1.807, 2.05) is 0 Å². The number of rotatable bonds is 1. The third kappa shape index (κ3) is 1.25. The van der Waals surface area contributed by atoms with Crippen LogP contribution >= 0.6 is 0 Å². The molecule has 0 atom stereocenters. The van der Waals surface area contributed by atoms with Gasteiger partial charge in [-0.2, -0.15) is 0 Å². The van der Waals surface area contributed by atoms with E-state index in [-0.39, 0.29) is 0 Å². The van der Waals surface area contributed by atoms with Crippen LogP contribution in [0.5, 0.6) is 0 Å². The molecule has 2 rings (SSSR count). The van der Waals surface area contributed by atoms with Crippen molar-refractivity contribution in [3.8, 4) is 0 Å². The predicted molar refractivity (Wildman–Crippen MR) is 51.5 cm³/mol. The third-order valence-corrected chi connectivity index (χ3v) is 2.65. The minimum absolute atomic E-state index is 0.769. The number of hydrogen-bond acceptors (Lipinski definition) is 1. The molecular formula is C11H15N. The molecule has 1 heterocycles. The fourth-order valence-corrected chi connectivity index (χ4v) is 1.79. The molecule has 1 aromatic rings. The van der Waals surface area contributed by atoms with E-state index in [1.54, 1.807) is 0 Å². The van der Waals surface area contributed by atoms with Crippen molar-refractivity contribution in [2.24, 2.45) is 0 Å². The molecule has 0 radical (unpaired) electrons. The minimum atomic E-state index is 0.769. The maximum Gasteiger partial charge on any atom is 0.00911 e. The molecule has 0 spiro atoms. The van der Waals surface area contributed by atoms with E-state index in [0.29, 0.717) is 0 Å². The van der Waals surface area contributed by atoms with Crippen LogP contribution in [-0.2, 0) is 0 Å². The second-order valence-corrected chi connectivity index (χ2v) is 3.72. The molecule has 1 N–H and O–H groups in total. The zero-order valence-corrected chi connectivity index (χ0v) is 7.72. The molecule has 1 fully saturated rings. The van der Waals surface area contributed by atoms with Gasteiger partial charge in [-0.05, 0) is 25.0 Å². The highest BCUT2D eigenvalue weighted by Gasteiger charge is 2.19. The summed E-state index contributed by atoms with van der Waals surface area (Å²) in [7, 11) is 0. The Morgan fingerprint density at radius 2 is 2.00 bits per heavy atom. The molecule has 0 aromatic heterocycles. The Morgan fingerprint density at radius 1 is 1.25 bits per heavy atom. The second-order valence-electron chi connectivity index (χ2n) is 3.72. The van der Waals surface area contributed by atoms with Crippen molar-refractivity contribution in [2.45, 2.75) is 19.8 Å². The lowest BCUT2D eigenvalue weighted by Gasteiger charge is -2.28. The molecule has 0 bridgehead atoms. The summed E-state index contributed by atoms with van der Waals surface area (Å²) in [5.74, 6) is 0.769. The van der Waals surface area contributed by atoms with E-state index in [9.17, 15) is 0 Å². The van der Waals surface area contributed by atoms with Crippen molar-refractivity contribution >= 4 is 0 Å². The Kier molecular flexibility index (Phi) is 1.89. The summed E-state index contributed by atoms with van der Waals surface area (Å²) in [4.78, 5) is 0. The van der Waals surface area contributed by atoms with Gasteiger partial charge in [0.15, 0.2) is 0 Å². The third-order valence-electron chi connectivity index (χ3n) is 2.65. The second kappa shape index (κ2) is 2.91. The molecular weight excluding hydrogens is 146 g/mol. The van der Waals surface area contributed by atoms with Gasteiger partial charge < -0.3 is 5.32 Å². The van der Waals surface area contributed by atoms with Gasteiger partial charge in [-0.1, -0.05) is 23.8 Å². The van der Waals surface area contributed by atoms with Gasteiger partial charge in [-0.3, -0.25) is 0 Å². The largest absolute Gasteiger partial charge is 0.315 e. The molecule has 12 heavy (non-hydrogen) atoms. The monoisotopic (exact) mass is 161 g/mol. The normalized spacial score (nSPS) is 17.5. The maximum absolute atomic E-state index is 3.30. The van der Waals surface area contributed by atoms with Crippen LogP contribution in [0.4, 0.5) is 0 Å². The molecule has 1 heteroatoms. The van der Waals surface area contributed by atoms with Gasteiger partial charge in [-0.25, -0.2) is 0 Å². The Balaban J connectivity index is 2.31. The standard InChI is InChI=1S/C11H15N/c1-8-3-4-11(9(2)5-8)10-6-12-7-10/h3-5,10,12H,6-7H2,1-2H3. The van der Waals surface area contributed by atoms with E-state index in [4.69, 9.17) is 0 Å². The van der Waals surface area contributed by atoms with Crippen molar-refractivity contribution < 1.29 is 0 Å². The number of benzene rings is 1. The van der Waals surface area contributed by atoms with Crippen LogP contribution in [0.25, 0.3) is 0 Å². The lowest BCUT2D eigenvalue weighted by molar-refractivity contribution is 0.447. The van der Waals surface area contributed by atoms with Crippen LogP contribution in [0.2, 0.25) is 0 Å². The average molecular weight is 161 g/mol. The summed E-state index contributed by atoms with van der Waals surface area (Å²) in [5.41, 5.74) is 4.34. The van der Waals surface area contributed by atoms with Gasteiger partial charge in [0.25, 0.3) is 0 Å². The summed E-state index contributed by atoms with van der Waals surface area (Å²) in [6, 6.07) is 6.75. The fraction of sp³-hybridized carbons (Fsp3) is 0.455. The van der Waals surface area contributed by atoms with E-state index < -0.39 is 0 Å². The van der Waals surface area contributed by atoms with Crippen LogP contribution in [0.1, 0.15) is 22.6 Å². The van der Waals surface area contributed by atoms with Crippen LogP contribution < -0.4 is 5.32 Å². The molecule has 1 aliphatic rings. The SMILES string of the molecule is Cc1ccc(C2CNC2)c(C)c1. The quantitative estimate of drug-likeness (QED) is 0.664. The summed E-state index contributed by atoms with van der Waals surface area (Å²) in [6.07, 6.45) is 0. The van der Waals surface area contributed by atoms with Crippen molar-refractivity contribution in [3.63, 3.8) is 0 Å². The van der Waals surface area contributed by atoms with Crippen LogP contribution in [0.15, 0.2) is 18.2 Å². The molecule has 0 aliphatic carbocycles. The maximum atomic E-state index is 3.30. The summed E-state index contributed by atoms with van der Waals surface area (Å²) in [6.45, 7) is 6.67. The van der Waals surface area contributed by atoms with E-state index in [1.165, 1.54) is 16.7 Å². The van der Waals surface area contributed by atoms with Crippen LogP contribution in [0, 0.1) is 13.8 Å². The smallest absolute Gasteiger partial charge is 0.00911 e. The van der Waals surface area contributed by atoms with E-state index in [0.717, 1.165) is 19.0 Å². The fourth-order valence-electron chi connectivity index (χ4n) is 1.79. The van der Waals surface area contributed by atoms with Crippen molar-refractivity contribution in [1.82, 2.24) is 5.32 Å². The first-order valence-electron chi connectivity index (χ1n) is 4.55. The molecule has 64 valence electrons. The Hall–Kier alpha value is -0.820. The van der Waals surface area contributed by atoms with Crippen LogP contribution in [0.3, 0.4) is 0 Å². The zero-order valence-electron chi connectivity index (χ0n) is 7.72. The van der Waals surface area contributed by atoms with Crippen molar-refractivity contribution in [2.75, 3.05) is 13.1 Å². The van der Waals surface area contributed by atoms with Gasteiger partial charge in [0.1, 0.15) is 0 Å². The molecule has 0 saturated carbocycles. The van der Waals surface area contributed by atoms with Crippen molar-refractivity contribution in [1.29, 1.82) is 0 Å². The average Bonchev–Trinajstić information content (AvgIpc) is 1.91. The number of hydrogen-bond donors (Lipinski definition) is 1. The highest BCUT2D eigenvalue weighted by molar-refractivity contribution is 5.34. The minimum Gasteiger partial charge on any atom is -0.315 e. The van der Waals surface area contributed by atoms with Gasteiger partial charge in [0, 0.05) is 19.0 Å². The summed E-state index contributed by atoms with van der Waals surface area (Å²) in [5, 5.41) is 3.30. The van der Waals surface area contributed by atoms with Gasteiger partial charge in [-0.15, -0.1) is 0 Å². The molecule has 1 saturated heterocycles. The predicted octanol–water partition coefficient (Wildman–Crippen LogP) is 1.99. The van der Waals surface area contributed by atoms with Gasteiger partial charge in [0.2, 0.25) is 0 Å². The van der Waals surface area contributed by atoms with Crippen LogP contribution in [-0.4, -0.2) is 13.1 Å². The molecule has 1 aliphatic heterocycles. The highest BCUT2D eigenvalue weighted by atomic mass is 14.9. The molecule has 0 amide bonds. The molecule has 1 nitrogen and oxygen atoms in total. The number of nitrogens with one attached hydrogen (secondary N) is 1. The summed E-state index contributed by atoms with van der Waals surface area (Å²) < 4.78 is 0. The zero-order chi connectivity index (χ0) is 8.55. The molecule has 0 unspecified atom stereocenters. The number of aryl methyl sites for hydroxylation is 2. The highest BCUT2D eigenvalue weighted by Crippen LogP contribution is 2.23. The Bertz CT molecular complexity index is 287. The lowest BCUT2D eigenvalue weighted by atomic mass is 9.89. The van der Waals surface area contributed by atoms with Gasteiger partial charge in [0.05, 0.1) is 0 Å². The first-order valence-corrected chi connectivity index (χ1v) is 4.55. The Labute approximate surface area is 73.8 Å². The van der Waals surface area contributed by atoms with E-state index in [2.05, 4.69) is 37.4 Å². The first-order chi connectivity index (χ1) is 5.77. The van der Waals surface area contributed by atoms with Crippen molar-refractivity contribution in [3.05, 3.63) is 34.9 Å². The first kappa shape index (κ1) is 7.81. The summed E-state index contributed by atoms with van der Waals surface area (Å²) >= 11 is 0. The van der Waals surface area contributed by atoms with E-state index >= 15 is 0 Å². The topological polar surface area (TPSA) is 12.0 Å². The Morgan fingerprint density at radius 3 is 2.50 bits per heavy atom.